The summed E-state index contributed by atoms with van der Waals surface area (Å²) in [6.07, 6.45) is 1.19. The second-order valence-electron chi connectivity index (χ2n) is 3.34. The van der Waals surface area contributed by atoms with Gasteiger partial charge in [-0.25, -0.2) is 0 Å². The normalized spacial score (nSPS) is 10.1. The first kappa shape index (κ1) is 11.8. The van der Waals surface area contributed by atoms with E-state index in [1.165, 1.54) is 19.6 Å². The Morgan fingerprint density at radius 2 is 2.39 bits per heavy atom. The van der Waals surface area contributed by atoms with E-state index >= 15 is 0 Å². The molecule has 1 aromatic carbocycles. The first-order valence-corrected chi connectivity index (χ1v) is 5.02. The lowest BCUT2D eigenvalue weighted by Gasteiger charge is -2.06. The third-order valence-corrected chi connectivity index (χ3v) is 2.25. The van der Waals surface area contributed by atoms with Gasteiger partial charge in [-0.1, -0.05) is 5.16 Å². The largest absolute Gasteiger partial charge is 0.496 e. The molecular weight excluding hydrogens is 240 g/mol. The second kappa shape index (κ2) is 5.13. The maximum atomic E-state index is 10.9. The van der Waals surface area contributed by atoms with Crippen molar-refractivity contribution >= 4 is 11.4 Å². The number of nitrogens with one attached hydrogen (secondary N) is 1. The van der Waals surface area contributed by atoms with Crippen LogP contribution < -0.4 is 10.1 Å². The minimum Gasteiger partial charge on any atom is -0.496 e. The molecule has 0 aliphatic rings. The van der Waals surface area contributed by atoms with Crippen molar-refractivity contribution in [2.24, 2.45) is 0 Å². The Morgan fingerprint density at radius 3 is 3.00 bits per heavy atom. The van der Waals surface area contributed by atoms with Crippen LogP contribution in [0, 0.1) is 10.1 Å². The maximum Gasteiger partial charge on any atom is 0.296 e. The first-order chi connectivity index (χ1) is 8.70. The van der Waals surface area contributed by atoms with E-state index in [0.717, 1.165) is 0 Å². The average molecular weight is 250 g/mol. The zero-order chi connectivity index (χ0) is 13.0. The van der Waals surface area contributed by atoms with E-state index < -0.39 is 4.92 Å². The number of methoxy groups -OCH3 is 1. The van der Waals surface area contributed by atoms with Gasteiger partial charge in [-0.3, -0.25) is 10.1 Å². The zero-order valence-corrected chi connectivity index (χ0v) is 9.49. The molecule has 8 heteroatoms. The Hall–Kier alpha value is -2.64. The van der Waals surface area contributed by atoms with Gasteiger partial charge in [-0.15, -0.1) is 0 Å². The van der Waals surface area contributed by atoms with Crippen molar-refractivity contribution in [1.82, 2.24) is 10.1 Å². The molecule has 0 aliphatic carbocycles. The van der Waals surface area contributed by atoms with Crippen molar-refractivity contribution in [1.29, 1.82) is 0 Å². The summed E-state index contributed by atoms with van der Waals surface area (Å²) >= 11 is 0. The molecule has 0 fully saturated rings. The van der Waals surface area contributed by atoms with Crippen molar-refractivity contribution in [2.45, 2.75) is 6.54 Å². The predicted molar refractivity (Wildman–Crippen MR) is 61.3 cm³/mol. The van der Waals surface area contributed by atoms with Gasteiger partial charge >= 0.3 is 0 Å². The van der Waals surface area contributed by atoms with E-state index in [1.54, 1.807) is 12.1 Å². The Bertz CT molecular complexity index is 541. The maximum absolute atomic E-state index is 10.9. The number of anilines is 1. The molecule has 94 valence electrons. The fourth-order valence-corrected chi connectivity index (χ4v) is 1.38. The molecule has 0 amide bonds. The number of nitro benzene ring substituents is 1. The number of hydrogen-bond acceptors (Lipinski definition) is 7. The summed E-state index contributed by atoms with van der Waals surface area (Å²) in [7, 11) is 1.45. The Kier molecular flexibility index (Phi) is 3.37. The molecule has 18 heavy (non-hydrogen) atoms. The van der Waals surface area contributed by atoms with Gasteiger partial charge in [0.15, 0.2) is 5.82 Å². The molecule has 8 nitrogen and oxygen atoms in total. The third-order valence-electron chi connectivity index (χ3n) is 2.25. The number of rotatable bonds is 5. The number of aromatic nitrogens is 2. The fraction of sp³-hybridized carbons (Fsp3) is 0.200. The van der Waals surface area contributed by atoms with Crippen LogP contribution in [0.4, 0.5) is 11.4 Å². The number of benzene rings is 1. The number of nitro groups is 1. The first-order valence-electron chi connectivity index (χ1n) is 5.02. The number of ether oxygens (including phenoxy) is 1. The van der Waals surface area contributed by atoms with Crippen LogP contribution in [-0.2, 0) is 6.54 Å². The number of hydrogen-bond donors (Lipinski definition) is 1. The zero-order valence-electron chi connectivity index (χ0n) is 9.49. The molecule has 0 saturated heterocycles. The van der Waals surface area contributed by atoms with Gasteiger partial charge < -0.3 is 14.6 Å². The summed E-state index contributed by atoms with van der Waals surface area (Å²) in [5.74, 6) is 0.840. The van der Waals surface area contributed by atoms with E-state index in [9.17, 15) is 10.1 Å². The molecule has 2 aromatic rings. The van der Waals surface area contributed by atoms with Crippen LogP contribution in [0.1, 0.15) is 5.82 Å². The van der Waals surface area contributed by atoms with E-state index in [2.05, 4.69) is 20.0 Å². The highest BCUT2D eigenvalue weighted by Gasteiger charge is 2.15. The monoisotopic (exact) mass is 250 g/mol. The van der Waals surface area contributed by atoms with Crippen LogP contribution in [0.15, 0.2) is 29.1 Å². The quantitative estimate of drug-likeness (QED) is 0.634. The van der Waals surface area contributed by atoms with Gasteiger partial charge in [0.05, 0.1) is 24.6 Å². The molecule has 0 aliphatic heterocycles. The van der Waals surface area contributed by atoms with Gasteiger partial charge in [-0.05, 0) is 12.1 Å². The molecule has 0 atom stereocenters. The van der Waals surface area contributed by atoms with Crippen LogP contribution in [0.2, 0.25) is 0 Å². The van der Waals surface area contributed by atoms with Gasteiger partial charge in [0.25, 0.3) is 5.69 Å². The molecule has 1 aromatic heterocycles. The van der Waals surface area contributed by atoms with Crippen molar-refractivity contribution in [2.75, 3.05) is 12.4 Å². The van der Waals surface area contributed by atoms with Gasteiger partial charge in [0.2, 0.25) is 6.39 Å². The van der Waals surface area contributed by atoms with Crippen LogP contribution in [0.5, 0.6) is 5.75 Å². The van der Waals surface area contributed by atoms with Crippen molar-refractivity contribution < 1.29 is 14.2 Å². The van der Waals surface area contributed by atoms with Crippen molar-refractivity contribution in [3.05, 3.63) is 40.5 Å². The summed E-state index contributed by atoms with van der Waals surface area (Å²) in [4.78, 5) is 14.2. The summed E-state index contributed by atoms with van der Waals surface area (Å²) < 4.78 is 9.50. The SMILES string of the molecule is COc1ccc(NCc2ncon2)c([N+](=O)[O-])c1. The molecule has 0 saturated carbocycles. The lowest BCUT2D eigenvalue weighted by atomic mass is 10.2. The second-order valence-corrected chi connectivity index (χ2v) is 3.34. The van der Waals surface area contributed by atoms with Crippen LogP contribution in [-0.4, -0.2) is 22.2 Å². The molecule has 0 radical (unpaired) electrons. The lowest BCUT2D eigenvalue weighted by Crippen LogP contribution is -2.04. The van der Waals surface area contributed by atoms with Crippen LogP contribution in [0.25, 0.3) is 0 Å². The van der Waals surface area contributed by atoms with E-state index in [4.69, 9.17) is 4.74 Å². The molecule has 1 heterocycles. The van der Waals surface area contributed by atoms with E-state index in [-0.39, 0.29) is 12.2 Å². The molecule has 0 bridgehead atoms. The number of nitrogens with zero attached hydrogens (tertiary/aromatic N) is 3. The average Bonchev–Trinajstić information content (AvgIpc) is 2.89. The van der Waals surface area contributed by atoms with Gasteiger partial charge in [-0.2, -0.15) is 4.98 Å². The lowest BCUT2D eigenvalue weighted by molar-refractivity contribution is -0.384. The standard InChI is InChI=1S/C10H10N4O4/c1-17-7-2-3-8(9(4-7)14(15)16)11-5-10-12-6-18-13-10/h2-4,6,11H,5H2,1H3. The molecule has 0 unspecified atom stereocenters. The highest BCUT2D eigenvalue weighted by molar-refractivity contribution is 5.63. The smallest absolute Gasteiger partial charge is 0.296 e. The highest BCUT2D eigenvalue weighted by atomic mass is 16.6. The summed E-state index contributed by atoms with van der Waals surface area (Å²) in [6, 6.07) is 4.54. The van der Waals surface area contributed by atoms with Crippen molar-refractivity contribution in [3.8, 4) is 5.75 Å². The molecular formula is C10H10N4O4. The Labute approximate surface area is 102 Å². The summed E-state index contributed by atoms with van der Waals surface area (Å²) in [5.41, 5.74) is 0.295. The fourth-order valence-electron chi connectivity index (χ4n) is 1.38. The van der Waals surface area contributed by atoms with Crippen molar-refractivity contribution in [3.63, 3.8) is 0 Å². The predicted octanol–water partition coefficient (Wildman–Crippen LogP) is 1.60. The van der Waals surface area contributed by atoms with Gasteiger partial charge in [0, 0.05) is 0 Å². The van der Waals surface area contributed by atoms with Gasteiger partial charge in [0.1, 0.15) is 11.4 Å². The third kappa shape index (κ3) is 2.54. The Balaban J connectivity index is 2.18. The Morgan fingerprint density at radius 1 is 1.56 bits per heavy atom. The summed E-state index contributed by atoms with van der Waals surface area (Å²) in [6.45, 7) is 0.240. The minimum absolute atomic E-state index is 0.0714. The molecule has 1 N–H and O–H groups in total. The molecule has 0 spiro atoms. The summed E-state index contributed by atoms with van der Waals surface area (Å²) in [5, 5.41) is 17.4. The van der Waals surface area contributed by atoms with E-state index in [0.29, 0.717) is 17.3 Å². The minimum atomic E-state index is -0.485. The molecule has 2 rings (SSSR count). The van der Waals surface area contributed by atoms with Crippen LogP contribution in [0.3, 0.4) is 0 Å². The topological polar surface area (TPSA) is 103 Å². The highest BCUT2D eigenvalue weighted by Crippen LogP contribution is 2.29. The van der Waals surface area contributed by atoms with Crippen LogP contribution >= 0.6 is 0 Å². The van der Waals surface area contributed by atoms with E-state index in [1.807, 2.05) is 0 Å².